The highest BCUT2D eigenvalue weighted by Crippen LogP contribution is 2.32. The van der Waals surface area contributed by atoms with Gasteiger partial charge < -0.3 is 20.6 Å². The normalized spacial score (nSPS) is 16.2. The van der Waals surface area contributed by atoms with E-state index in [0.717, 1.165) is 38.9 Å². The Labute approximate surface area is 114 Å². The number of likely N-dealkylation sites (N-methyl/N-ethyl adjacent to an activating group) is 1. The standard InChI is InChI=1S/C13H25N3O3/c1-3-8-16(4-2)9-7-14-13(19)15-11(12(17)18)10-5-6-10/h10-11H,3-9H2,1-2H3,(H,17,18)(H2,14,15,19). The molecule has 1 unspecified atom stereocenters. The van der Waals surface area contributed by atoms with Crippen LogP contribution in [0.4, 0.5) is 4.79 Å². The number of carboxylic acid groups (broad SMARTS) is 1. The molecular formula is C13H25N3O3. The third-order valence-corrected chi connectivity index (χ3v) is 3.35. The zero-order valence-electron chi connectivity index (χ0n) is 11.8. The molecule has 0 saturated heterocycles. The van der Waals surface area contributed by atoms with Crippen LogP contribution in [0.15, 0.2) is 0 Å². The van der Waals surface area contributed by atoms with Crippen LogP contribution in [0.25, 0.3) is 0 Å². The Bertz CT molecular complexity index is 306. The summed E-state index contributed by atoms with van der Waals surface area (Å²) in [5.41, 5.74) is 0. The van der Waals surface area contributed by atoms with Gasteiger partial charge in [-0.3, -0.25) is 0 Å². The number of carboxylic acids is 1. The van der Waals surface area contributed by atoms with Gasteiger partial charge >= 0.3 is 12.0 Å². The number of hydrogen-bond acceptors (Lipinski definition) is 3. The monoisotopic (exact) mass is 271 g/mol. The highest BCUT2D eigenvalue weighted by molar-refractivity contribution is 5.83. The number of rotatable bonds is 9. The number of carbonyl (C=O) groups is 2. The molecule has 1 aliphatic rings. The average Bonchev–Trinajstić information content (AvgIpc) is 3.18. The molecule has 0 spiro atoms. The van der Waals surface area contributed by atoms with Crippen molar-refractivity contribution in [3.8, 4) is 0 Å². The Morgan fingerprint density at radius 2 is 2.00 bits per heavy atom. The quantitative estimate of drug-likeness (QED) is 0.581. The minimum Gasteiger partial charge on any atom is -0.480 e. The van der Waals surface area contributed by atoms with Gasteiger partial charge in [-0.2, -0.15) is 0 Å². The summed E-state index contributed by atoms with van der Waals surface area (Å²) < 4.78 is 0. The second-order valence-corrected chi connectivity index (χ2v) is 4.99. The van der Waals surface area contributed by atoms with Crippen molar-refractivity contribution in [2.75, 3.05) is 26.2 Å². The summed E-state index contributed by atoms with van der Waals surface area (Å²) in [4.78, 5) is 24.8. The Kier molecular flexibility index (Phi) is 6.62. The van der Waals surface area contributed by atoms with Crippen LogP contribution < -0.4 is 10.6 Å². The summed E-state index contributed by atoms with van der Waals surface area (Å²) in [7, 11) is 0. The van der Waals surface area contributed by atoms with Crippen LogP contribution in [-0.4, -0.2) is 54.2 Å². The molecule has 0 aromatic heterocycles. The third kappa shape index (κ3) is 5.92. The van der Waals surface area contributed by atoms with Crippen LogP contribution in [0.3, 0.4) is 0 Å². The number of nitrogens with zero attached hydrogens (tertiary/aromatic N) is 1. The zero-order valence-corrected chi connectivity index (χ0v) is 11.8. The third-order valence-electron chi connectivity index (χ3n) is 3.35. The lowest BCUT2D eigenvalue weighted by Crippen LogP contribution is -2.48. The van der Waals surface area contributed by atoms with Gasteiger partial charge in [0, 0.05) is 13.1 Å². The average molecular weight is 271 g/mol. The first-order valence-corrected chi connectivity index (χ1v) is 7.08. The lowest BCUT2D eigenvalue weighted by atomic mass is 10.2. The van der Waals surface area contributed by atoms with Crippen LogP contribution >= 0.6 is 0 Å². The molecular weight excluding hydrogens is 246 g/mol. The molecule has 1 aliphatic carbocycles. The molecule has 1 saturated carbocycles. The zero-order chi connectivity index (χ0) is 14.3. The van der Waals surface area contributed by atoms with E-state index >= 15 is 0 Å². The van der Waals surface area contributed by atoms with Gasteiger partial charge in [-0.25, -0.2) is 9.59 Å². The van der Waals surface area contributed by atoms with Crippen molar-refractivity contribution in [1.29, 1.82) is 0 Å². The predicted octanol–water partition coefficient (Wildman–Crippen LogP) is 0.881. The largest absolute Gasteiger partial charge is 0.480 e. The molecule has 0 bridgehead atoms. The summed E-state index contributed by atoms with van der Waals surface area (Å²) in [6, 6.07) is -1.12. The lowest BCUT2D eigenvalue weighted by molar-refractivity contribution is -0.139. The van der Waals surface area contributed by atoms with E-state index in [0.29, 0.717) is 6.54 Å². The lowest BCUT2D eigenvalue weighted by Gasteiger charge is -2.20. The second kappa shape index (κ2) is 7.99. The Morgan fingerprint density at radius 1 is 1.32 bits per heavy atom. The van der Waals surface area contributed by atoms with E-state index in [9.17, 15) is 9.59 Å². The Balaban J connectivity index is 2.21. The molecule has 19 heavy (non-hydrogen) atoms. The van der Waals surface area contributed by atoms with E-state index in [1.165, 1.54) is 0 Å². The van der Waals surface area contributed by atoms with Crippen molar-refractivity contribution >= 4 is 12.0 Å². The fraction of sp³-hybridized carbons (Fsp3) is 0.846. The summed E-state index contributed by atoms with van der Waals surface area (Å²) in [5, 5.41) is 14.3. The van der Waals surface area contributed by atoms with E-state index in [1.807, 2.05) is 0 Å². The van der Waals surface area contributed by atoms with E-state index in [2.05, 4.69) is 29.4 Å². The van der Waals surface area contributed by atoms with Crippen molar-refractivity contribution in [3.63, 3.8) is 0 Å². The Hall–Kier alpha value is -1.30. The first-order valence-electron chi connectivity index (χ1n) is 7.08. The van der Waals surface area contributed by atoms with Crippen molar-refractivity contribution in [3.05, 3.63) is 0 Å². The van der Waals surface area contributed by atoms with Gasteiger partial charge in [-0.15, -0.1) is 0 Å². The van der Waals surface area contributed by atoms with Gasteiger partial charge in [-0.05, 0) is 38.3 Å². The van der Waals surface area contributed by atoms with Crippen molar-refractivity contribution < 1.29 is 14.7 Å². The summed E-state index contributed by atoms with van der Waals surface area (Å²) >= 11 is 0. The smallest absolute Gasteiger partial charge is 0.326 e. The molecule has 110 valence electrons. The van der Waals surface area contributed by atoms with Crippen LogP contribution in [0.2, 0.25) is 0 Å². The molecule has 0 heterocycles. The Morgan fingerprint density at radius 3 is 2.47 bits per heavy atom. The summed E-state index contributed by atoms with van der Waals surface area (Å²) in [6.07, 6.45) is 2.86. The molecule has 1 atom stereocenters. The number of hydrogen-bond donors (Lipinski definition) is 3. The number of carbonyl (C=O) groups excluding carboxylic acids is 1. The van der Waals surface area contributed by atoms with Crippen LogP contribution in [-0.2, 0) is 4.79 Å². The molecule has 0 aliphatic heterocycles. The van der Waals surface area contributed by atoms with E-state index < -0.39 is 12.0 Å². The van der Waals surface area contributed by atoms with Gasteiger partial charge in [0.2, 0.25) is 0 Å². The second-order valence-electron chi connectivity index (χ2n) is 4.99. The van der Waals surface area contributed by atoms with Crippen molar-refractivity contribution in [2.24, 2.45) is 5.92 Å². The molecule has 6 nitrogen and oxygen atoms in total. The molecule has 6 heteroatoms. The fourth-order valence-electron chi connectivity index (χ4n) is 2.07. The van der Waals surface area contributed by atoms with Gasteiger partial charge in [0.1, 0.15) is 6.04 Å². The molecule has 0 aromatic rings. The maximum atomic E-state index is 11.6. The first-order chi connectivity index (χ1) is 9.08. The predicted molar refractivity (Wildman–Crippen MR) is 73.1 cm³/mol. The van der Waals surface area contributed by atoms with Crippen molar-refractivity contribution in [1.82, 2.24) is 15.5 Å². The van der Waals surface area contributed by atoms with Crippen LogP contribution in [0, 0.1) is 5.92 Å². The molecule has 2 amide bonds. The maximum absolute atomic E-state index is 11.6. The van der Waals surface area contributed by atoms with E-state index in [-0.39, 0.29) is 11.9 Å². The first kappa shape index (κ1) is 15.8. The van der Waals surface area contributed by atoms with Gasteiger partial charge in [-0.1, -0.05) is 13.8 Å². The van der Waals surface area contributed by atoms with Gasteiger partial charge in [0.25, 0.3) is 0 Å². The minimum absolute atomic E-state index is 0.107. The molecule has 3 N–H and O–H groups in total. The molecule has 0 radical (unpaired) electrons. The summed E-state index contributed by atoms with van der Waals surface area (Å²) in [6.45, 7) is 7.51. The van der Waals surface area contributed by atoms with Crippen molar-refractivity contribution in [2.45, 2.75) is 39.2 Å². The fourth-order valence-corrected chi connectivity index (χ4v) is 2.07. The highest BCUT2D eigenvalue weighted by Gasteiger charge is 2.37. The summed E-state index contributed by atoms with van der Waals surface area (Å²) in [5.74, 6) is -0.839. The molecule has 1 rings (SSSR count). The van der Waals surface area contributed by atoms with Crippen LogP contribution in [0.1, 0.15) is 33.1 Å². The van der Waals surface area contributed by atoms with E-state index in [1.54, 1.807) is 0 Å². The topological polar surface area (TPSA) is 81.7 Å². The number of amides is 2. The highest BCUT2D eigenvalue weighted by atomic mass is 16.4. The maximum Gasteiger partial charge on any atom is 0.326 e. The SMILES string of the molecule is CCCN(CC)CCNC(=O)NC(C(=O)O)C1CC1. The minimum atomic E-state index is -0.946. The van der Waals surface area contributed by atoms with E-state index in [4.69, 9.17) is 5.11 Å². The van der Waals surface area contributed by atoms with Gasteiger partial charge in [0.15, 0.2) is 0 Å². The molecule has 1 fully saturated rings. The number of urea groups is 1. The number of aliphatic carboxylic acids is 1. The number of nitrogens with one attached hydrogen (secondary N) is 2. The van der Waals surface area contributed by atoms with Gasteiger partial charge in [0.05, 0.1) is 0 Å². The molecule has 0 aromatic carbocycles. The van der Waals surface area contributed by atoms with Crippen LogP contribution in [0.5, 0.6) is 0 Å².